The fraction of sp³-hybridized carbons (Fsp3) is 0.429. The minimum absolute atomic E-state index is 0.0188. The Bertz CT molecular complexity index is 2100. The molecular formula is C42H43ClF3N3O6. The standard InChI is InChI=1S/C42H43ClF3N3O6/c1-53-37-25(16-19-41(40(51)52)17-5-18-41)21-33(42(44,45)46)39(49-37)55-35-15-13-29-28(6-3-7-30(29)35)31-8-4-9-32(36(31)43)34-14-11-26(38(48-34)54-2)23-47-22-24-10-12-27(50)20-24/h3-4,6-9,11,14,21,24,35,47H,5,10,12-13,15-20,22-23H2,1-2H3,(H,51,52)/t24-,35+/m1/s1. The Labute approximate surface area is 322 Å². The van der Waals surface area contributed by atoms with E-state index in [9.17, 15) is 27.9 Å². The van der Waals surface area contributed by atoms with E-state index in [1.807, 2.05) is 48.5 Å². The normalized spacial score (nSPS) is 18.8. The summed E-state index contributed by atoms with van der Waals surface area (Å²) in [7, 11) is 2.90. The lowest BCUT2D eigenvalue weighted by Gasteiger charge is -2.37. The predicted molar refractivity (Wildman–Crippen MR) is 200 cm³/mol. The van der Waals surface area contributed by atoms with Gasteiger partial charge in [0.2, 0.25) is 17.6 Å². The Balaban J connectivity index is 1.13. The fourth-order valence-corrected chi connectivity index (χ4v) is 8.51. The van der Waals surface area contributed by atoms with Crippen LogP contribution in [0.3, 0.4) is 0 Å². The van der Waals surface area contributed by atoms with Gasteiger partial charge in [-0.2, -0.15) is 18.2 Å². The van der Waals surface area contributed by atoms with Crippen molar-refractivity contribution in [2.45, 2.75) is 83.0 Å². The van der Waals surface area contributed by atoms with Crippen LogP contribution < -0.4 is 19.5 Å². The minimum atomic E-state index is -4.77. The van der Waals surface area contributed by atoms with Gasteiger partial charge in [0, 0.05) is 41.6 Å². The van der Waals surface area contributed by atoms with Crippen molar-refractivity contribution in [3.05, 3.63) is 87.4 Å². The number of aromatic nitrogens is 2. The number of ketones is 1. The Morgan fingerprint density at radius 1 is 0.945 bits per heavy atom. The number of pyridine rings is 2. The van der Waals surface area contributed by atoms with Crippen LogP contribution in [0.5, 0.6) is 17.6 Å². The van der Waals surface area contributed by atoms with E-state index >= 15 is 0 Å². The lowest BCUT2D eigenvalue weighted by molar-refractivity contribution is -0.155. The molecule has 2 aromatic carbocycles. The van der Waals surface area contributed by atoms with E-state index in [-0.39, 0.29) is 24.3 Å². The molecule has 290 valence electrons. The number of rotatable bonds is 14. The number of carbonyl (C=O) groups excluding carboxylic acids is 1. The second-order valence-corrected chi connectivity index (χ2v) is 15.2. The van der Waals surface area contributed by atoms with Crippen LogP contribution in [0.2, 0.25) is 5.02 Å². The van der Waals surface area contributed by atoms with E-state index in [1.165, 1.54) is 7.11 Å². The molecule has 0 spiro atoms. The van der Waals surface area contributed by atoms with Gasteiger partial charge in [0.05, 0.1) is 30.4 Å². The molecule has 2 atom stereocenters. The molecule has 2 aromatic heterocycles. The first kappa shape index (κ1) is 38.6. The number of fused-ring (bicyclic) bond motifs is 1. The van der Waals surface area contributed by atoms with Gasteiger partial charge in [-0.25, -0.2) is 4.98 Å². The summed E-state index contributed by atoms with van der Waals surface area (Å²) in [6, 6.07) is 16.1. The number of aryl methyl sites for hydroxylation is 1. The van der Waals surface area contributed by atoms with Gasteiger partial charge in [-0.3, -0.25) is 9.59 Å². The number of aliphatic carboxylic acids is 1. The number of methoxy groups -OCH3 is 2. The van der Waals surface area contributed by atoms with Crippen LogP contribution in [0.1, 0.15) is 85.3 Å². The van der Waals surface area contributed by atoms with Crippen LogP contribution in [-0.2, 0) is 35.2 Å². The molecule has 2 fully saturated rings. The first-order chi connectivity index (χ1) is 26.4. The molecule has 0 bridgehead atoms. The molecular weight excluding hydrogens is 735 g/mol. The highest BCUT2D eigenvalue weighted by molar-refractivity contribution is 6.36. The summed E-state index contributed by atoms with van der Waals surface area (Å²) in [5.41, 5.74) is 3.67. The molecule has 0 saturated heterocycles. The van der Waals surface area contributed by atoms with Gasteiger partial charge in [-0.1, -0.05) is 60.5 Å². The van der Waals surface area contributed by atoms with Crippen molar-refractivity contribution in [3.8, 4) is 40.0 Å². The van der Waals surface area contributed by atoms with Gasteiger partial charge in [0.1, 0.15) is 17.5 Å². The van der Waals surface area contributed by atoms with Crippen molar-refractivity contribution in [3.63, 3.8) is 0 Å². The number of hydrogen-bond acceptors (Lipinski definition) is 8. The molecule has 3 aliphatic rings. The number of nitrogens with one attached hydrogen (secondary N) is 1. The van der Waals surface area contributed by atoms with Gasteiger partial charge in [-0.05, 0) is 86.2 Å². The maximum absolute atomic E-state index is 14.5. The largest absolute Gasteiger partial charge is 0.481 e. The van der Waals surface area contributed by atoms with Crippen molar-refractivity contribution in [2.24, 2.45) is 11.3 Å². The van der Waals surface area contributed by atoms with Gasteiger partial charge < -0.3 is 24.6 Å². The third-order valence-electron chi connectivity index (χ3n) is 11.4. The minimum Gasteiger partial charge on any atom is -0.481 e. The maximum atomic E-state index is 14.5. The Morgan fingerprint density at radius 2 is 1.67 bits per heavy atom. The number of benzene rings is 2. The SMILES string of the molecule is COc1nc(-c2cccc(-c3cccc4c3CC[C@@H]4Oc3nc(OC)c(CCC4(C(=O)O)CCC4)cc3C(F)(F)F)c2Cl)ccc1CNC[C@@H]1CCC(=O)C1. The average Bonchev–Trinajstić information content (AvgIpc) is 3.76. The van der Waals surface area contributed by atoms with Crippen LogP contribution in [-0.4, -0.2) is 47.6 Å². The van der Waals surface area contributed by atoms with E-state index < -0.39 is 35.1 Å². The second kappa shape index (κ2) is 15.8. The second-order valence-electron chi connectivity index (χ2n) is 14.8. The molecule has 0 amide bonds. The molecule has 7 rings (SSSR count). The molecule has 2 saturated carbocycles. The van der Waals surface area contributed by atoms with Crippen LogP contribution >= 0.6 is 11.6 Å². The quantitative estimate of drug-likeness (QED) is 0.129. The smallest absolute Gasteiger partial charge is 0.421 e. The highest BCUT2D eigenvalue weighted by Crippen LogP contribution is 2.48. The predicted octanol–water partition coefficient (Wildman–Crippen LogP) is 9.21. The Hall–Kier alpha value is -4.68. The number of carboxylic acid groups (broad SMARTS) is 1. The van der Waals surface area contributed by atoms with Gasteiger partial charge in [0.25, 0.3) is 0 Å². The summed E-state index contributed by atoms with van der Waals surface area (Å²) < 4.78 is 60.7. The molecule has 13 heteroatoms. The summed E-state index contributed by atoms with van der Waals surface area (Å²) in [5, 5.41) is 13.6. The summed E-state index contributed by atoms with van der Waals surface area (Å²) in [5.74, 6) is -0.403. The average molecular weight is 778 g/mol. The van der Waals surface area contributed by atoms with Gasteiger partial charge in [-0.15, -0.1) is 0 Å². The number of carbonyl (C=O) groups is 2. The van der Waals surface area contributed by atoms with Crippen LogP contribution in [0, 0.1) is 11.3 Å². The highest BCUT2D eigenvalue weighted by atomic mass is 35.5. The number of Topliss-reactive ketones (excluding diaryl/α,β-unsaturated/α-hetero) is 1. The Morgan fingerprint density at radius 3 is 2.35 bits per heavy atom. The van der Waals surface area contributed by atoms with Gasteiger partial charge in [0.15, 0.2) is 0 Å². The molecule has 55 heavy (non-hydrogen) atoms. The molecule has 9 nitrogen and oxygen atoms in total. The van der Waals surface area contributed by atoms with Crippen molar-refractivity contribution in [2.75, 3.05) is 20.8 Å². The number of alkyl halides is 3. The molecule has 0 unspecified atom stereocenters. The first-order valence-corrected chi connectivity index (χ1v) is 19.0. The topological polar surface area (TPSA) is 120 Å². The van der Waals surface area contributed by atoms with E-state index in [2.05, 4.69) is 10.3 Å². The molecule has 0 radical (unpaired) electrons. The molecule has 4 aromatic rings. The lowest BCUT2D eigenvalue weighted by Crippen LogP contribution is -2.38. The van der Waals surface area contributed by atoms with Crippen LogP contribution in [0.25, 0.3) is 22.4 Å². The van der Waals surface area contributed by atoms with Crippen molar-refractivity contribution in [1.29, 1.82) is 0 Å². The zero-order valence-corrected chi connectivity index (χ0v) is 31.5. The summed E-state index contributed by atoms with van der Waals surface area (Å²) in [6.45, 7) is 1.29. The number of halogens is 4. The van der Waals surface area contributed by atoms with E-state index in [1.54, 1.807) is 7.11 Å². The van der Waals surface area contributed by atoms with E-state index in [0.717, 1.165) is 53.3 Å². The van der Waals surface area contributed by atoms with Gasteiger partial charge >= 0.3 is 12.1 Å². The number of ether oxygens (including phenoxy) is 3. The number of nitrogens with zero attached hydrogens (tertiary/aromatic N) is 2. The monoisotopic (exact) mass is 777 g/mol. The zero-order chi connectivity index (χ0) is 38.9. The van der Waals surface area contributed by atoms with Crippen molar-refractivity contribution in [1.82, 2.24) is 15.3 Å². The van der Waals surface area contributed by atoms with Crippen LogP contribution in [0.15, 0.2) is 54.6 Å². The number of carboxylic acids is 1. The van der Waals surface area contributed by atoms with E-state index in [0.29, 0.717) is 78.9 Å². The summed E-state index contributed by atoms with van der Waals surface area (Å²) in [4.78, 5) is 32.5. The lowest BCUT2D eigenvalue weighted by atomic mass is 9.66. The third kappa shape index (κ3) is 7.89. The Kier molecular flexibility index (Phi) is 11.1. The summed E-state index contributed by atoms with van der Waals surface area (Å²) >= 11 is 7.12. The number of hydrogen-bond donors (Lipinski definition) is 2. The third-order valence-corrected chi connectivity index (χ3v) is 11.8. The molecule has 0 aliphatic heterocycles. The first-order valence-electron chi connectivity index (χ1n) is 18.6. The van der Waals surface area contributed by atoms with Crippen molar-refractivity contribution >= 4 is 23.4 Å². The zero-order valence-electron chi connectivity index (χ0n) is 30.7. The molecule has 2 heterocycles. The van der Waals surface area contributed by atoms with Crippen LogP contribution in [0.4, 0.5) is 13.2 Å². The maximum Gasteiger partial charge on any atom is 0.421 e. The van der Waals surface area contributed by atoms with E-state index in [4.69, 9.17) is 30.8 Å². The fourth-order valence-electron chi connectivity index (χ4n) is 8.19. The molecule has 2 N–H and O–H groups in total. The molecule has 3 aliphatic carbocycles. The highest BCUT2D eigenvalue weighted by Gasteiger charge is 2.44. The summed E-state index contributed by atoms with van der Waals surface area (Å²) in [6.07, 6.45) is -0.331. The van der Waals surface area contributed by atoms with Crippen molar-refractivity contribution < 1.29 is 42.1 Å².